The molecule has 110 valence electrons. The quantitative estimate of drug-likeness (QED) is 0.872. The van der Waals surface area contributed by atoms with Crippen LogP contribution in [0.15, 0.2) is 24.3 Å². The summed E-state index contributed by atoms with van der Waals surface area (Å²) in [6.45, 7) is 9.02. The Morgan fingerprint density at radius 1 is 1.20 bits per heavy atom. The number of rotatable bonds is 3. The van der Waals surface area contributed by atoms with Crippen molar-refractivity contribution >= 4 is 23.4 Å². The molecule has 0 unspecified atom stereocenters. The van der Waals surface area contributed by atoms with E-state index in [-0.39, 0.29) is 12.4 Å². The van der Waals surface area contributed by atoms with Crippen molar-refractivity contribution in [2.24, 2.45) is 0 Å². The van der Waals surface area contributed by atoms with Crippen LogP contribution in [0.5, 0.6) is 0 Å². The minimum Gasteiger partial charge on any atom is -0.379 e. The van der Waals surface area contributed by atoms with Crippen LogP contribution in [0.3, 0.4) is 0 Å². The first-order valence-electron chi connectivity index (χ1n) is 7.01. The molecule has 0 radical (unpaired) electrons. The molecule has 0 atom stereocenters. The molecule has 0 amide bonds. The maximum Gasteiger partial charge on any atom is 0.124 e. The lowest BCUT2D eigenvalue weighted by Gasteiger charge is -2.27. The summed E-state index contributed by atoms with van der Waals surface area (Å²) in [5, 5.41) is 0. The zero-order valence-electron chi connectivity index (χ0n) is 12.1. The number of hydrogen-bond acceptors (Lipinski definition) is 3. The van der Waals surface area contributed by atoms with E-state index in [4.69, 9.17) is 9.72 Å². The predicted octanol–water partition coefficient (Wildman–Crippen LogP) is 2.87. The zero-order valence-corrected chi connectivity index (χ0v) is 12.9. The largest absolute Gasteiger partial charge is 0.379 e. The Morgan fingerprint density at radius 2 is 1.90 bits per heavy atom. The van der Waals surface area contributed by atoms with E-state index in [2.05, 4.69) is 47.6 Å². The molecule has 1 aliphatic heterocycles. The molecule has 0 N–H and O–H groups in total. The Morgan fingerprint density at radius 3 is 2.60 bits per heavy atom. The maximum absolute atomic E-state index is 5.41. The second-order valence-electron chi connectivity index (χ2n) is 5.37. The molecule has 1 aromatic heterocycles. The van der Waals surface area contributed by atoms with Gasteiger partial charge in [-0.1, -0.05) is 12.1 Å². The fourth-order valence-electron chi connectivity index (χ4n) is 2.74. The van der Waals surface area contributed by atoms with E-state index in [1.54, 1.807) is 0 Å². The highest BCUT2D eigenvalue weighted by molar-refractivity contribution is 5.85. The molecule has 5 heteroatoms. The highest BCUT2D eigenvalue weighted by atomic mass is 35.5. The Kier molecular flexibility index (Phi) is 5.02. The van der Waals surface area contributed by atoms with Gasteiger partial charge >= 0.3 is 0 Å². The SMILES string of the molecule is CC(C)n1c(CN2CCOCC2)nc2ccccc21.Cl. The van der Waals surface area contributed by atoms with Gasteiger partial charge in [-0.25, -0.2) is 4.98 Å². The highest BCUT2D eigenvalue weighted by Crippen LogP contribution is 2.22. The molecule has 1 saturated heterocycles. The summed E-state index contributed by atoms with van der Waals surface area (Å²) in [7, 11) is 0. The first-order chi connectivity index (χ1) is 9.25. The van der Waals surface area contributed by atoms with E-state index < -0.39 is 0 Å². The Labute approximate surface area is 126 Å². The number of nitrogens with zero attached hydrogens (tertiary/aromatic N) is 3. The summed E-state index contributed by atoms with van der Waals surface area (Å²) in [4.78, 5) is 7.23. The molecular weight excluding hydrogens is 274 g/mol. The fraction of sp³-hybridized carbons (Fsp3) is 0.533. The second kappa shape index (κ2) is 6.57. The third-order valence-electron chi connectivity index (χ3n) is 3.65. The summed E-state index contributed by atoms with van der Waals surface area (Å²) in [6.07, 6.45) is 0. The van der Waals surface area contributed by atoms with Crippen molar-refractivity contribution in [3.63, 3.8) is 0 Å². The summed E-state index contributed by atoms with van der Waals surface area (Å²) < 4.78 is 7.76. The van der Waals surface area contributed by atoms with Crippen molar-refractivity contribution < 1.29 is 4.74 Å². The second-order valence-corrected chi connectivity index (χ2v) is 5.37. The summed E-state index contributed by atoms with van der Waals surface area (Å²) in [5.41, 5.74) is 2.33. The molecule has 0 spiro atoms. The van der Waals surface area contributed by atoms with E-state index in [9.17, 15) is 0 Å². The van der Waals surface area contributed by atoms with Gasteiger partial charge in [0.1, 0.15) is 5.82 Å². The predicted molar refractivity (Wildman–Crippen MR) is 83.5 cm³/mol. The van der Waals surface area contributed by atoms with Crippen LogP contribution >= 0.6 is 12.4 Å². The first-order valence-corrected chi connectivity index (χ1v) is 7.01. The van der Waals surface area contributed by atoms with Crippen LogP contribution < -0.4 is 0 Å². The number of morpholine rings is 1. The number of imidazole rings is 1. The van der Waals surface area contributed by atoms with Crippen LogP contribution in [0.2, 0.25) is 0 Å². The van der Waals surface area contributed by atoms with Crippen molar-refractivity contribution in [2.75, 3.05) is 26.3 Å². The summed E-state index contributed by atoms with van der Waals surface area (Å²) in [6, 6.07) is 8.82. The van der Waals surface area contributed by atoms with E-state index in [1.807, 2.05) is 0 Å². The van der Waals surface area contributed by atoms with Gasteiger partial charge in [-0.05, 0) is 26.0 Å². The number of para-hydroxylation sites is 2. The van der Waals surface area contributed by atoms with Crippen molar-refractivity contribution in [2.45, 2.75) is 26.4 Å². The third-order valence-corrected chi connectivity index (χ3v) is 3.65. The molecule has 2 aromatic rings. The van der Waals surface area contributed by atoms with Crippen LogP contribution in [0.1, 0.15) is 25.7 Å². The average Bonchev–Trinajstić information content (AvgIpc) is 2.77. The van der Waals surface area contributed by atoms with Gasteiger partial charge in [0.25, 0.3) is 0 Å². The van der Waals surface area contributed by atoms with Gasteiger partial charge in [0.2, 0.25) is 0 Å². The number of benzene rings is 1. The van der Waals surface area contributed by atoms with Gasteiger partial charge in [0.05, 0.1) is 30.8 Å². The third kappa shape index (κ3) is 2.97. The van der Waals surface area contributed by atoms with Crippen molar-refractivity contribution in [3.05, 3.63) is 30.1 Å². The molecule has 0 aliphatic carbocycles. The maximum atomic E-state index is 5.41. The molecule has 1 aliphatic rings. The molecule has 0 bridgehead atoms. The smallest absolute Gasteiger partial charge is 0.124 e. The van der Waals surface area contributed by atoms with Crippen molar-refractivity contribution in [3.8, 4) is 0 Å². The van der Waals surface area contributed by atoms with Crippen LogP contribution in [-0.2, 0) is 11.3 Å². The average molecular weight is 296 g/mol. The van der Waals surface area contributed by atoms with Gasteiger partial charge in [-0.3, -0.25) is 4.90 Å². The minimum absolute atomic E-state index is 0. The van der Waals surface area contributed by atoms with Crippen molar-refractivity contribution in [1.82, 2.24) is 14.5 Å². The Balaban J connectivity index is 0.00000147. The minimum atomic E-state index is 0. The molecular formula is C15H22ClN3O. The van der Waals surface area contributed by atoms with E-state index >= 15 is 0 Å². The zero-order chi connectivity index (χ0) is 13.2. The van der Waals surface area contributed by atoms with Gasteiger partial charge in [0.15, 0.2) is 0 Å². The van der Waals surface area contributed by atoms with Gasteiger partial charge in [-0.2, -0.15) is 0 Å². The van der Waals surface area contributed by atoms with Crippen molar-refractivity contribution in [1.29, 1.82) is 0 Å². The van der Waals surface area contributed by atoms with Crippen LogP contribution in [-0.4, -0.2) is 40.8 Å². The normalized spacial score (nSPS) is 16.6. The lowest BCUT2D eigenvalue weighted by Crippen LogP contribution is -2.36. The Hall–Kier alpha value is -1.10. The Bertz CT molecular complexity index is 561. The summed E-state index contributed by atoms with van der Waals surface area (Å²) >= 11 is 0. The van der Waals surface area contributed by atoms with Crippen LogP contribution in [0, 0.1) is 0 Å². The van der Waals surface area contributed by atoms with Crippen LogP contribution in [0.4, 0.5) is 0 Å². The number of hydrogen-bond donors (Lipinski definition) is 0. The topological polar surface area (TPSA) is 30.3 Å². The fourth-order valence-corrected chi connectivity index (χ4v) is 2.74. The highest BCUT2D eigenvalue weighted by Gasteiger charge is 2.17. The molecule has 1 aromatic carbocycles. The standard InChI is InChI=1S/C15H21N3O.ClH/c1-12(2)18-14-6-4-3-5-13(14)16-15(18)11-17-7-9-19-10-8-17;/h3-6,12H,7-11H2,1-2H3;1H. The number of aromatic nitrogens is 2. The monoisotopic (exact) mass is 295 g/mol. The van der Waals surface area contributed by atoms with E-state index in [0.29, 0.717) is 6.04 Å². The molecule has 20 heavy (non-hydrogen) atoms. The molecule has 1 fully saturated rings. The number of fused-ring (bicyclic) bond motifs is 1. The van der Waals surface area contributed by atoms with Gasteiger partial charge in [0, 0.05) is 19.1 Å². The molecule has 3 rings (SSSR count). The van der Waals surface area contributed by atoms with Gasteiger partial charge < -0.3 is 9.30 Å². The van der Waals surface area contributed by atoms with Crippen LogP contribution in [0.25, 0.3) is 11.0 Å². The van der Waals surface area contributed by atoms with E-state index in [1.165, 1.54) is 5.52 Å². The first kappa shape index (κ1) is 15.3. The number of halogens is 1. The molecule has 2 heterocycles. The van der Waals surface area contributed by atoms with E-state index in [0.717, 1.165) is 44.2 Å². The molecule has 4 nitrogen and oxygen atoms in total. The van der Waals surface area contributed by atoms with Gasteiger partial charge in [-0.15, -0.1) is 12.4 Å². The lowest BCUT2D eigenvalue weighted by atomic mass is 10.3. The number of ether oxygens (including phenoxy) is 1. The lowest BCUT2D eigenvalue weighted by molar-refractivity contribution is 0.0325. The molecule has 0 saturated carbocycles. The summed E-state index contributed by atoms with van der Waals surface area (Å²) in [5.74, 6) is 1.16.